The van der Waals surface area contributed by atoms with Gasteiger partial charge in [0.15, 0.2) is 5.13 Å². The summed E-state index contributed by atoms with van der Waals surface area (Å²) in [6, 6.07) is 8.54. The maximum absolute atomic E-state index is 12.4. The molecule has 1 atom stereocenters. The Morgan fingerprint density at radius 2 is 2.05 bits per heavy atom. The van der Waals surface area contributed by atoms with Gasteiger partial charge < -0.3 is 10.2 Å². The Balaban J connectivity index is 1.64. The number of hydrogen-bond donors (Lipinski definition) is 2. The van der Waals surface area contributed by atoms with E-state index < -0.39 is 6.04 Å². The minimum Gasteiger partial charge on any atom is -0.324 e. The molecule has 1 aromatic carbocycles. The molecule has 0 aliphatic carbocycles. The number of anilines is 2. The maximum atomic E-state index is 12.4. The van der Waals surface area contributed by atoms with Crippen molar-refractivity contribution in [1.82, 2.24) is 9.88 Å². The van der Waals surface area contributed by atoms with Gasteiger partial charge in [-0.1, -0.05) is 18.2 Å². The van der Waals surface area contributed by atoms with E-state index in [1.54, 1.807) is 16.5 Å². The summed E-state index contributed by atoms with van der Waals surface area (Å²) in [5.41, 5.74) is 0.736. The monoisotopic (exact) mass is 316 g/mol. The van der Waals surface area contributed by atoms with Crippen molar-refractivity contribution in [3.63, 3.8) is 0 Å². The van der Waals surface area contributed by atoms with Crippen molar-refractivity contribution in [1.29, 1.82) is 0 Å². The first-order chi connectivity index (χ1) is 10.7. The number of rotatable bonds is 3. The van der Waals surface area contributed by atoms with Crippen LogP contribution in [0, 0.1) is 0 Å². The van der Waals surface area contributed by atoms with E-state index in [0.717, 1.165) is 12.1 Å². The Hall–Kier alpha value is -2.41. The molecular formula is C15H16N4O2S. The van der Waals surface area contributed by atoms with Crippen molar-refractivity contribution in [2.24, 2.45) is 0 Å². The Bertz CT molecular complexity index is 645. The molecule has 22 heavy (non-hydrogen) atoms. The Morgan fingerprint density at radius 1 is 1.23 bits per heavy atom. The van der Waals surface area contributed by atoms with Gasteiger partial charge in [-0.3, -0.25) is 10.1 Å². The number of hydrogen-bond acceptors (Lipinski definition) is 4. The fraction of sp³-hybridized carbons (Fsp3) is 0.267. The highest BCUT2D eigenvalue weighted by molar-refractivity contribution is 7.13. The van der Waals surface area contributed by atoms with Crippen molar-refractivity contribution in [3.05, 3.63) is 41.9 Å². The van der Waals surface area contributed by atoms with E-state index in [4.69, 9.17) is 0 Å². The van der Waals surface area contributed by atoms with E-state index in [2.05, 4.69) is 15.6 Å². The third-order valence-electron chi connectivity index (χ3n) is 3.50. The lowest BCUT2D eigenvalue weighted by Gasteiger charge is -2.23. The fourth-order valence-corrected chi connectivity index (χ4v) is 3.00. The van der Waals surface area contributed by atoms with Crippen LogP contribution in [0.4, 0.5) is 15.6 Å². The number of carbonyl (C=O) groups is 2. The van der Waals surface area contributed by atoms with Crippen LogP contribution in [-0.2, 0) is 4.79 Å². The molecule has 1 saturated heterocycles. The van der Waals surface area contributed by atoms with E-state index in [9.17, 15) is 9.59 Å². The molecule has 2 aromatic rings. The summed E-state index contributed by atoms with van der Waals surface area (Å²) in [5.74, 6) is -0.155. The smallest absolute Gasteiger partial charge is 0.324 e. The number of nitrogens with one attached hydrogen (secondary N) is 2. The van der Waals surface area contributed by atoms with E-state index in [1.807, 2.05) is 30.3 Å². The van der Waals surface area contributed by atoms with Crippen LogP contribution in [0.15, 0.2) is 41.9 Å². The van der Waals surface area contributed by atoms with Crippen LogP contribution in [0.2, 0.25) is 0 Å². The van der Waals surface area contributed by atoms with Gasteiger partial charge in [-0.25, -0.2) is 9.78 Å². The zero-order valence-electron chi connectivity index (χ0n) is 11.9. The highest BCUT2D eigenvalue weighted by atomic mass is 32.1. The molecule has 0 spiro atoms. The molecule has 2 heterocycles. The number of thiazole rings is 1. The van der Waals surface area contributed by atoms with Gasteiger partial charge in [0.1, 0.15) is 6.04 Å². The molecule has 1 aromatic heterocycles. The van der Waals surface area contributed by atoms with Gasteiger partial charge in [0, 0.05) is 23.8 Å². The number of likely N-dealkylation sites (tertiary alicyclic amines) is 1. The van der Waals surface area contributed by atoms with E-state index >= 15 is 0 Å². The second kappa shape index (κ2) is 6.57. The van der Waals surface area contributed by atoms with Crippen LogP contribution >= 0.6 is 11.3 Å². The van der Waals surface area contributed by atoms with Gasteiger partial charge in [-0.05, 0) is 25.0 Å². The normalized spacial score (nSPS) is 17.3. The quantitative estimate of drug-likeness (QED) is 0.914. The summed E-state index contributed by atoms with van der Waals surface area (Å²) in [6.07, 6.45) is 3.12. The van der Waals surface area contributed by atoms with Crippen molar-refractivity contribution in [2.75, 3.05) is 17.2 Å². The molecule has 0 saturated carbocycles. The molecule has 0 unspecified atom stereocenters. The second-order valence-electron chi connectivity index (χ2n) is 4.97. The van der Waals surface area contributed by atoms with Crippen LogP contribution in [0.3, 0.4) is 0 Å². The van der Waals surface area contributed by atoms with Gasteiger partial charge in [-0.2, -0.15) is 0 Å². The van der Waals surface area contributed by atoms with Gasteiger partial charge in [0.05, 0.1) is 0 Å². The minimum atomic E-state index is -0.444. The van der Waals surface area contributed by atoms with Crippen molar-refractivity contribution in [2.45, 2.75) is 18.9 Å². The first-order valence-corrected chi connectivity index (χ1v) is 7.95. The Labute approximate surface area is 132 Å². The van der Waals surface area contributed by atoms with Crippen LogP contribution in [0.5, 0.6) is 0 Å². The average Bonchev–Trinajstić information content (AvgIpc) is 3.19. The number of benzene rings is 1. The number of urea groups is 1. The molecule has 0 radical (unpaired) electrons. The first kappa shape index (κ1) is 14.5. The molecule has 114 valence electrons. The zero-order chi connectivity index (χ0) is 15.4. The zero-order valence-corrected chi connectivity index (χ0v) is 12.7. The summed E-state index contributed by atoms with van der Waals surface area (Å²) in [7, 11) is 0. The second-order valence-corrected chi connectivity index (χ2v) is 5.87. The molecule has 3 amide bonds. The molecule has 3 rings (SSSR count). The average molecular weight is 316 g/mol. The highest BCUT2D eigenvalue weighted by Crippen LogP contribution is 2.21. The summed E-state index contributed by atoms with van der Waals surface area (Å²) >= 11 is 1.35. The lowest BCUT2D eigenvalue weighted by atomic mass is 10.2. The standard InChI is InChI=1S/C15H16N4O2S/c20-13(17-11-5-2-1-3-6-11)12-7-4-9-19(12)15(21)18-14-16-8-10-22-14/h1-3,5-6,8,10,12H,4,7,9H2,(H,17,20)(H,16,18,21)/t12-/m1/s1. The predicted octanol–water partition coefficient (Wildman–Crippen LogP) is 2.78. The predicted molar refractivity (Wildman–Crippen MR) is 85.9 cm³/mol. The van der Waals surface area contributed by atoms with E-state index in [1.165, 1.54) is 11.3 Å². The fourth-order valence-electron chi connectivity index (χ4n) is 2.48. The number of para-hydroxylation sites is 1. The molecule has 1 aliphatic rings. The molecule has 0 bridgehead atoms. The summed E-state index contributed by atoms with van der Waals surface area (Å²) in [6.45, 7) is 0.573. The lowest BCUT2D eigenvalue weighted by Crippen LogP contribution is -2.45. The lowest BCUT2D eigenvalue weighted by molar-refractivity contribution is -0.119. The van der Waals surface area contributed by atoms with Crippen LogP contribution in [0.25, 0.3) is 0 Å². The van der Waals surface area contributed by atoms with Gasteiger partial charge in [-0.15, -0.1) is 11.3 Å². The van der Waals surface area contributed by atoms with Crippen LogP contribution < -0.4 is 10.6 Å². The molecule has 7 heteroatoms. The highest BCUT2D eigenvalue weighted by Gasteiger charge is 2.34. The van der Waals surface area contributed by atoms with E-state index in [-0.39, 0.29) is 11.9 Å². The van der Waals surface area contributed by atoms with Crippen LogP contribution in [-0.4, -0.2) is 34.4 Å². The van der Waals surface area contributed by atoms with Gasteiger partial charge >= 0.3 is 6.03 Å². The number of nitrogens with zero attached hydrogens (tertiary/aromatic N) is 2. The third kappa shape index (κ3) is 3.25. The third-order valence-corrected chi connectivity index (χ3v) is 4.19. The van der Waals surface area contributed by atoms with Crippen molar-refractivity contribution in [3.8, 4) is 0 Å². The van der Waals surface area contributed by atoms with Crippen molar-refractivity contribution >= 4 is 34.1 Å². The molecule has 1 fully saturated rings. The summed E-state index contributed by atoms with van der Waals surface area (Å²) in [4.78, 5) is 30.3. The minimum absolute atomic E-state index is 0.155. The Morgan fingerprint density at radius 3 is 2.77 bits per heavy atom. The summed E-state index contributed by atoms with van der Waals surface area (Å²) in [5, 5.41) is 7.91. The van der Waals surface area contributed by atoms with Crippen molar-refractivity contribution < 1.29 is 9.59 Å². The van der Waals surface area contributed by atoms with Gasteiger partial charge in [0.2, 0.25) is 5.91 Å². The SMILES string of the molecule is O=C(Nc1ccccc1)[C@H]1CCCN1C(=O)Nc1nccs1. The molecule has 1 aliphatic heterocycles. The molecule has 6 nitrogen and oxygen atoms in total. The Kier molecular flexibility index (Phi) is 4.34. The van der Waals surface area contributed by atoms with Gasteiger partial charge in [0.25, 0.3) is 0 Å². The topological polar surface area (TPSA) is 74.3 Å². The molecule has 2 N–H and O–H groups in total. The van der Waals surface area contributed by atoms with Crippen LogP contribution in [0.1, 0.15) is 12.8 Å². The summed E-state index contributed by atoms with van der Waals surface area (Å²) < 4.78 is 0. The number of aromatic nitrogens is 1. The number of amides is 3. The van der Waals surface area contributed by atoms with E-state index in [0.29, 0.717) is 18.1 Å². The number of carbonyl (C=O) groups excluding carboxylic acids is 2. The first-order valence-electron chi connectivity index (χ1n) is 7.07. The largest absolute Gasteiger partial charge is 0.324 e. The maximum Gasteiger partial charge on any atom is 0.324 e. The molecular weight excluding hydrogens is 300 g/mol.